The van der Waals surface area contributed by atoms with Crippen LogP contribution in [-0.4, -0.2) is 47.6 Å². The Morgan fingerprint density at radius 3 is 2.14 bits per heavy atom. The minimum atomic E-state index is 0.655. The van der Waals surface area contributed by atoms with Crippen LogP contribution in [0.25, 0.3) is 0 Å². The molecule has 3 aliphatic rings. The van der Waals surface area contributed by atoms with Crippen molar-refractivity contribution in [1.82, 2.24) is 9.80 Å². The van der Waals surface area contributed by atoms with Crippen molar-refractivity contribution < 1.29 is 0 Å². The second-order valence-corrected chi connectivity index (χ2v) is 8.74. The first kappa shape index (κ1) is 15.8. The predicted octanol–water partition coefficient (Wildman–Crippen LogP) is 4.01. The molecule has 0 aromatic carbocycles. The van der Waals surface area contributed by atoms with Crippen LogP contribution in [0.5, 0.6) is 0 Å². The summed E-state index contributed by atoms with van der Waals surface area (Å²) in [6.45, 7) is 15.0. The molecule has 0 radical (unpaired) electrons. The molecule has 0 aromatic heterocycles. The normalized spacial score (nSPS) is 31.4. The van der Waals surface area contributed by atoms with E-state index in [4.69, 9.17) is 0 Å². The number of likely N-dealkylation sites (tertiary alicyclic amines) is 2. The van der Waals surface area contributed by atoms with Gasteiger partial charge in [0.05, 0.1) is 0 Å². The summed E-state index contributed by atoms with van der Waals surface area (Å²) in [4.78, 5) is 5.58. The molecule has 1 unspecified atom stereocenters. The zero-order valence-electron chi connectivity index (χ0n) is 14.8. The molecule has 1 aliphatic carbocycles. The standard InChI is InChI=1S/C19H36N2/c1-15(2)18-7-12-21(19(13-18)8-9-19)14-17-5-10-20(11-6-17)16(3)4/h15-18H,5-14H2,1-4H3. The quantitative estimate of drug-likeness (QED) is 0.772. The van der Waals surface area contributed by atoms with Crippen molar-refractivity contribution in [1.29, 1.82) is 0 Å². The predicted molar refractivity (Wildman–Crippen MR) is 90.5 cm³/mol. The van der Waals surface area contributed by atoms with Crippen LogP contribution in [0.2, 0.25) is 0 Å². The summed E-state index contributed by atoms with van der Waals surface area (Å²) in [6.07, 6.45) is 8.78. The number of nitrogens with zero attached hydrogens (tertiary/aromatic N) is 2. The minimum absolute atomic E-state index is 0.655. The SMILES string of the molecule is CC(C)C1CCN(CC2CCN(C(C)C)CC2)C2(CC2)C1. The van der Waals surface area contributed by atoms with Gasteiger partial charge in [-0.15, -0.1) is 0 Å². The fourth-order valence-corrected chi connectivity index (χ4v) is 4.76. The molecule has 2 heteroatoms. The highest BCUT2D eigenvalue weighted by Gasteiger charge is 2.51. The first-order valence-electron chi connectivity index (χ1n) is 9.49. The first-order chi connectivity index (χ1) is 10.00. The van der Waals surface area contributed by atoms with E-state index in [1.807, 2.05) is 0 Å². The van der Waals surface area contributed by atoms with Gasteiger partial charge in [-0.25, -0.2) is 0 Å². The number of hydrogen-bond donors (Lipinski definition) is 0. The zero-order valence-corrected chi connectivity index (χ0v) is 14.8. The molecule has 1 spiro atoms. The smallest absolute Gasteiger partial charge is 0.0213 e. The van der Waals surface area contributed by atoms with Crippen molar-refractivity contribution in [3.05, 3.63) is 0 Å². The van der Waals surface area contributed by atoms with Crippen LogP contribution in [0.3, 0.4) is 0 Å². The van der Waals surface area contributed by atoms with E-state index in [9.17, 15) is 0 Å². The van der Waals surface area contributed by atoms with E-state index in [2.05, 4.69) is 37.5 Å². The summed E-state index contributed by atoms with van der Waals surface area (Å²) in [5.74, 6) is 2.85. The second-order valence-electron chi connectivity index (χ2n) is 8.74. The van der Waals surface area contributed by atoms with Gasteiger partial charge in [-0.1, -0.05) is 13.8 Å². The van der Waals surface area contributed by atoms with Gasteiger partial charge in [0.1, 0.15) is 0 Å². The minimum Gasteiger partial charge on any atom is -0.301 e. The topological polar surface area (TPSA) is 6.48 Å². The van der Waals surface area contributed by atoms with Gasteiger partial charge in [0.15, 0.2) is 0 Å². The van der Waals surface area contributed by atoms with Crippen LogP contribution in [0.1, 0.15) is 66.2 Å². The van der Waals surface area contributed by atoms with Crippen molar-refractivity contribution >= 4 is 0 Å². The monoisotopic (exact) mass is 292 g/mol. The maximum Gasteiger partial charge on any atom is 0.0213 e. The Labute approximate surface area is 132 Å². The van der Waals surface area contributed by atoms with E-state index in [0.717, 1.165) is 23.8 Å². The Morgan fingerprint density at radius 1 is 0.952 bits per heavy atom. The van der Waals surface area contributed by atoms with E-state index in [-0.39, 0.29) is 0 Å². The van der Waals surface area contributed by atoms with Crippen molar-refractivity contribution in [3.8, 4) is 0 Å². The van der Waals surface area contributed by atoms with Crippen LogP contribution in [0.4, 0.5) is 0 Å². The molecule has 0 N–H and O–H groups in total. The second kappa shape index (κ2) is 6.20. The molecule has 0 amide bonds. The molecule has 1 saturated carbocycles. The maximum atomic E-state index is 2.92. The van der Waals surface area contributed by atoms with Gasteiger partial charge in [-0.2, -0.15) is 0 Å². The molecular formula is C19H36N2. The number of piperidine rings is 2. The largest absolute Gasteiger partial charge is 0.301 e. The third kappa shape index (κ3) is 3.47. The lowest BCUT2D eigenvalue weighted by atomic mass is 9.81. The number of rotatable bonds is 4. The van der Waals surface area contributed by atoms with E-state index in [1.54, 1.807) is 0 Å². The molecule has 0 aromatic rings. The van der Waals surface area contributed by atoms with Crippen LogP contribution >= 0.6 is 0 Å². The van der Waals surface area contributed by atoms with Crippen LogP contribution in [0.15, 0.2) is 0 Å². The highest BCUT2D eigenvalue weighted by atomic mass is 15.2. The Hall–Kier alpha value is -0.0800. The lowest BCUT2D eigenvalue weighted by Gasteiger charge is -2.44. The van der Waals surface area contributed by atoms with E-state index >= 15 is 0 Å². The van der Waals surface area contributed by atoms with Crippen molar-refractivity contribution in [3.63, 3.8) is 0 Å². The molecule has 0 bridgehead atoms. The van der Waals surface area contributed by atoms with E-state index in [1.165, 1.54) is 64.7 Å². The average Bonchev–Trinajstić information content (AvgIpc) is 3.22. The Balaban J connectivity index is 1.50. The highest BCUT2D eigenvalue weighted by molar-refractivity contribution is 5.07. The van der Waals surface area contributed by atoms with Crippen molar-refractivity contribution in [2.45, 2.75) is 77.8 Å². The molecule has 2 nitrogen and oxygen atoms in total. The Kier molecular flexibility index (Phi) is 4.66. The Morgan fingerprint density at radius 2 is 1.62 bits per heavy atom. The van der Waals surface area contributed by atoms with Gasteiger partial charge in [0.2, 0.25) is 0 Å². The van der Waals surface area contributed by atoms with Gasteiger partial charge < -0.3 is 4.90 Å². The summed E-state index contributed by atoms with van der Waals surface area (Å²) in [6, 6.07) is 0.738. The summed E-state index contributed by atoms with van der Waals surface area (Å²) < 4.78 is 0. The summed E-state index contributed by atoms with van der Waals surface area (Å²) in [5.41, 5.74) is 0.655. The first-order valence-corrected chi connectivity index (χ1v) is 9.49. The molecule has 3 fully saturated rings. The molecule has 2 saturated heterocycles. The lowest BCUT2D eigenvalue weighted by molar-refractivity contribution is 0.0447. The van der Waals surface area contributed by atoms with Crippen molar-refractivity contribution in [2.75, 3.05) is 26.2 Å². The zero-order chi connectivity index (χ0) is 15.0. The third-order valence-corrected chi connectivity index (χ3v) is 6.71. The molecule has 122 valence electrons. The van der Waals surface area contributed by atoms with Gasteiger partial charge in [-0.05, 0) is 89.8 Å². The van der Waals surface area contributed by atoms with Crippen LogP contribution < -0.4 is 0 Å². The Bertz CT molecular complexity index is 337. The summed E-state index contributed by atoms with van der Waals surface area (Å²) in [5, 5.41) is 0. The van der Waals surface area contributed by atoms with Gasteiger partial charge in [0, 0.05) is 18.1 Å². The molecular weight excluding hydrogens is 256 g/mol. The molecule has 2 aliphatic heterocycles. The molecule has 1 atom stereocenters. The van der Waals surface area contributed by atoms with Crippen LogP contribution in [0, 0.1) is 17.8 Å². The van der Waals surface area contributed by atoms with Gasteiger partial charge >= 0.3 is 0 Å². The van der Waals surface area contributed by atoms with Crippen molar-refractivity contribution in [2.24, 2.45) is 17.8 Å². The van der Waals surface area contributed by atoms with E-state index < -0.39 is 0 Å². The van der Waals surface area contributed by atoms with Gasteiger partial charge in [-0.3, -0.25) is 4.90 Å². The highest BCUT2D eigenvalue weighted by Crippen LogP contribution is 2.51. The number of hydrogen-bond acceptors (Lipinski definition) is 2. The maximum absolute atomic E-state index is 2.92. The van der Waals surface area contributed by atoms with Crippen LogP contribution in [-0.2, 0) is 0 Å². The van der Waals surface area contributed by atoms with Gasteiger partial charge in [0.25, 0.3) is 0 Å². The average molecular weight is 293 g/mol. The molecule has 3 rings (SSSR count). The fourth-order valence-electron chi connectivity index (χ4n) is 4.76. The fraction of sp³-hybridized carbons (Fsp3) is 1.00. The third-order valence-electron chi connectivity index (χ3n) is 6.71. The summed E-state index contributed by atoms with van der Waals surface area (Å²) >= 11 is 0. The summed E-state index contributed by atoms with van der Waals surface area (Å²) in [7, 11) is 0. The molecule has 21 heavy (non-hydrogen) atoms. The lowest BCUT2D eigenvalue weighted by Crippen LogP contribution is -2.49. The molecule has 2 heterocycles. The van der Waals surface area contributed by atoms with E-state index in [0.29, 0.717) is 5.54 Å².